The van der Waals surface area contributed by atoms with Crippen molar-refractivity contribution in [3.8, 4) is 0 Å². The predicted octanol–water partition coefficient (Wildman–Crippen LogP) is 3.02. The molecule has 8 nitrogen and oxygen atoms in total. The Morgan fingerprint density at radius 3 is 2.56 bits per heavy atom. The first-order valence-electron chi connectivity index (χ1n) is 9.76. The highest BCUT2D eigenvalue weighted by Gasteiger charge is 2.36. The largest absolute Gasteiger partial charge is 0.444 e. The van der Waals surface area contributed by atoms with Gasteiger partial charge < -0.3 is 19.5 Å². The Morgan fingerprint density at radius 1 is 1.26 bits per heavy atom. The Balaban J connectivity index is 1.58. The van der Waals surface area contributed by atoms with Gasteiger partial charge in [0.15, 0.2) is 5.82 Å². The van der Waals surface area contributed by atoms with E-state index < -0.39 is 5.60 Å². The van der Waals surface area contributed by atoms with Crippen molar-refractivity contribution in [3.05, 3.63) is 11.7 Å². The van der Waals surface area contributed by atoms with Crippen LogP contribution >= 0.6 is 0 Å². The van der Waals surface area contributed by atoms with Crippen molar-refractivity contribution < 1.29 is 18.8 Å². The lowest BCUT2D eigenvalue weighted by Crippen LogP contribution is -2.39. The maximum Gasteiger partial charge on any atom is 0.410 e. The van der Waals surface area contributed by atoms with Gasteiger partial charge in [-0.1, -0.05) is 19.0 Å². The van der Waals surface area contributed by atoms with E-state index in [1.165, 1.54) is 0 Å². The van der Waals surface area contributed by atoms with Crippen LogP contribution in [0.15, 0.2) is 4.52 Å². The first-order chi connectivity index (χ1) is 12.6. The first kappa shape index (κ1) is 19.6. The molecule has 1 saturated carbocycles. The monoisotopic (exact) mass is 378 g/mol. The van der Waals surface area contributed by atoms with Crippen molar-refractivity contribution in [1.29, 1.82) is 0 Å². The third kappa shape index (κ3) is 4.99. The van der Waals surface area contributed by atoms with Crippen LogP contribution in [0.4, 0.5) is 4.79 Å². The molecule has 1 aliphatic heterocycles. The summed E-state index contributed by atoms with van der Waals surface area (Å²) in [7, 11) is 0. The van der Waals surface area contributed by atoms with Crippen molar-refractivity contribution in [3.63, 3.8) is 0 Å². The molecule has 8 heteroatoms. The molecule has 1 saturated heterocycles. The third-order valence-electron chi connectivity index (χ3n) is 4.84. The number of carbonyl (C=O) groups excluding carboxylic acids is 2. The molecule has 1 aromatic rings. The molecular weight excluding hydrogens is 348 g/mol. The number of rotatable bonds is 5. The molecular formula is C19H30N4O4. The molecule has 2 heterocycles. The molecule has 0 radical (unpaired) electrons. The number of carbonyl (C=O) groups is 2. The molecule has 3 rings (SSSR count). The molecule has 1 aliphatic carbocycles. The van der Waals surface area contributed by atoms with Gasteiger partial charge in [0.05, 0.1) is 5.92 Å². The van der Waals surface area contributed by atoms with Crippen LogP contribution in [0.5, 0.6) is 0 Å². The summed E-state index contributed by atoms with van der Waals surface area (Å²) < 4.78 is 10.8. The summed E-state index contributed by atoms with van der Waals surface area (Å²) in [4.78, 5) is 31.0. The molecule has 2 fully saturated rings. The SMILES string of the molecule is CC(C)C(NC(=O)C1CCN(C(=O)OC(C)(C)C)C1)c1nc(C2CC2)no1. The second kappa shape index (κ2) is 7.48. The van der Waals surface area contributed by atoms with E-state index in [0.29, 0.717) is 31.3 Å². The number of hydrogen-bond acceptors (Lipinski definition) is 6. The highest BCUT2D eigenvalue weighted by atomic mass is 16.6. The number of hydrogen-bond donors (Lipinski definition) is 1. The average molecular weight is 378 g/mol. The lowest BCUT2D eigenvalue weighted by Gasteiger charge is -2.24. The second-order valence-electron chi connectivity index (χ2n) is 8.91. The zero-order valence-electron chi connectivity index (χ0n) is 16.8. The number of ether oxygens (including phenoxy) is 1. The maximum atomic E-state index is 12.8. The fourth-order valence-corrected chi connectivity index (χ4v) is 3.13. The van der Waals surface area contributed by atoms with Crippen LogP contribution in [0.3, 0.4) is 0 Å². The highest BCUT2D eigenvalue weighted by molar-refractivity contribution is 5.81. The van der Waals surface area contributed by atoms with Crippen LogP contribution in [0.25, 0.3) is 0 Å². The van der Waals surface area contributed by atoms with E-state index >= 15 is 0 Å². The molecule has 1 N–H and O–H groups in total. The number of nitrogens with one attached hydrogen (secondary N) is 1. The van der Waals surface area contributed by atoms with Crippen molar-refractivity contribution in [2.75, 3.05) is 13.1 Å². The summed E-state index contributed by atoms with van der Waals surface area (Å²) in [6.45, 7) is 10.4. The Kier molecular flexibility index (Phi) is 5.44. The molecule has 27 heavy (non-hydrogen) atoms. The van der Waals surface area contributed by atoms with Crippen LogP contribution in [-0.2, 0) is 9.53 Å². The van der Waals surface area contributed by atoms with E-state index in [1.54, 1.807) is 4.90 Å². The summed E-state index contributed by atoms with van der Waals surface area (Å²) in [5, 5.41) is 7.09. The fraction of sp³-hybridized carbons (Fsp3) is 0.789. The Hall–Kier alpha value is -2.12. The number of amides is 2. The predicted molar refractivity (Wildman–Crippen MR) is 97.9 cm³/mol. The van der Waals surface area contributed by atoms with E-state index in [2.05, 4.69) is 15.5 Å². The van der Waals surface area contributed by atoms with Gasteiger partial charge in [0.25, 0.3) is 0 Å². The second-order valence-corrected chi connectivity index (χ2v) is 8.91. The quantitative estimate of drug-likeness (QED) is 0.846. The molecule has 150 valence electrons. The summed E-state index contributed by atoms with van der Waals surface area (Å²) in [6.07, 6.45) is 2.44. The summed E-state index contributed by atoms with van der Waals surface area (Å²) in [5.41, 5.74) is -0.544. The molecule has 0 bridgehead atoms. The number of likely N-dealkylation sites (tertiary alicyclic amines) is 1. The number of aromatic nitrogens is 2. The summed E-state index contributed by atoms with van der Waals surface area (Å²) in [6, 6.07) is -0.326. The van der Waals surface area contributed by atoms with Gasteiger partial charge in [-0.2, -0.15) is 4.98 Å². The fourth-order valence-electron chi connectivity index (χ4n) is 3.13. The molecule has 2 unspecified atom stereocenters. The average Bonchev–Trinajstić information content (AvgIpc) is 3.10. The van der Waals surface area contributed by atoms with Crippen molar-refractivity contribution >= 4 is 12.0 Å². The molecule has 2 atom stereocenters. The van der Waals surface area contributed by atoms with Crippen molar-refractivity contribution in [1.82, 2.24) is 20.4 Å². The zero-order chi connectivity index (χ0) is 19.8. The van der Waals surface area contributed by atoms with Crippen LogP contribution in [0, 0.1) is 11.8 Å². The summed E-state index contributed by atoms with van der Waals surface area (Å²) >= 11 is 0. The Labute approximate surface area is 160 Å². The molecule has 0 aromatic carbocycles. The van der Waals surface area contributed by atoms with E-state index in [-0.39, 0.29) is 29.9 Å². The summed E-state index contributed by atoms with van der Waals surface area (Å²) in [5.74, 6) is 1.37. The van der Waals surface area contributed by atoms with E-state index in [1.807, 2.05) is 34.6 Å². The minimum atomic E-state index is -0.544. The lowest BCUT2D eigenvalue weighted by molar-refractivity contribution is -0.125. The van der Waals surface area contributed by atoms with Crippen LogP contribution in [-0.4, -0.2) is 45.7 Å². The number of nitrogens with zero attached hydrogens (tertiary/aromatic N) is 3. The van der Waals surface area contributed by atoms with E-state index in [4.69, 9.17) is 9.26 Å². The van der Waals surface area contributed by atoms with Gasteiger partial charge in [-0.3, -0.25) is 4.79 Å². The van der Waals surface area contributed by atoms with Gasteiger partial charge in [0, 0.05) is 19.0 Å². The van der Waals surface area contributed by atoms with Gasteiger partial charge in [0.2, 0.25) is 11.8 Å². The normalized spacial score (nSPS) is 21.4. The van der Waals surface area contributed by atoms with E-state index in [9.17, 15) is 9.59 Å². The topological polar surface area (TPSA) is 97.6 Å². The van der Waals surface area contributed by atoms with Gasteiger partial charge in [-0.05, 0) is 46.0 Å². The Morgan fingerprint density at radius 2 is 1.96 bits per heavy atom. The Bertz CT molecular complexity index is 690. The van der Waals surface area contributed by atoms with Crippen LogP contribution in [0.2, 0.25) is 0 Å². The minimum absolute atomic E-state index is 0.0917. The van der Waals surface area contributed by atoms with Gasteiger partial charge in [0.1, 0.15) is 11.6 Å². The highest BCUT2D eigenvalue weighted by Crippen LogP contribution is 2.38. The van der Waals surface area contributed by atoms with Crippen molar-refractivity contribution in [2.45, 2.75) is 71.4 Å². The maximum absolute atomic E-state index is 12.8. The van der Waals surface area contributed by atoms with Crippen LogP contribution in [0.1, 0.15) is 77.6 Å². The van der Waals surface area contributed by atoms with E-state index in [0.717, 1.165) is 18.7 Å². The van der Waals surface area contributed by atoms with Gasteiger partial charge in [-0.25, -0.2) is 4.79 Å². The van der Waals surface area contributed by atoms with Gasteiger partial charge in [-0.15, -0.1) is 0 Å². The molecule has 2 aliphatic rings. The zero-order valence-corrected chi connectivity index (χ0v) is 16.8. The van der Waals surface area contributed by atoms with Crippen LogP contribution < -0.4 is 5.32 Å². The molecule has 0 spiro atoms. The smallest absolute Gasteiger partial charge is 0.410 e. The first-order valence-corrected chi connectivity index (χ1v) is 9.76. The van der Waals surface area contributed by atoms with Gasteiger partial charge >= 0.3 is 6.09 Å². The molecule has 2 amide bonds. The molecule has 1 aromatic heterocycles. The minimum Gasteiger partial charge on any atom is -0.444 e. The lowest BCUT2D eigenvalue weighted by atomic mass is 10.0. The van der Waals surface area contributed by atoms with Crippen molar-refractivity contribution in [2.24, 2.45) is 11.8 Å². The standard InChI is InChI=1S/C19H30N4O4/c1-11(2)14(17-21-15(22-27-17)12-6-7-12)20-16(24)13-8-9-23(10-13)18(25)26-19(3,4)5/h11-14H,6-10H2,1-5H3,(H,20,24). The third-order valence-corrected chi connectivity index (χ3v) is 4.84.